The number of hydrogen-bond donors (Lipinski definition) is 1. The Labute approximate surface area is 78.6 Å². The third kappa shape index (κ3) is 3.92. The molecule has 0 fully saturated rings. The predicted octanol–water partition coefficient (Wildman–Crippen LogP) is 1.35. The molecule has 1 N–H and O–H groups in total. The first-order valence-electron chi connectivity index (χ1n) is 4.41. The number of amides is 1. The Bertz CT molecular complexity index is 191. The van der Waals surface area contributed by atoms with Crippen molar-refractivity contribution in [2.75, 3.05) is 7.11 Å². The van der Waals surface area contributed by atoms with Crippen molar-refractivity contribution in [1.29, 1.82) is 0 Å². The predicted molar refractivity (Wildman–Crippen MR) is 49.5 cm³/mol. The van der Waals surface area contributed by atoms with Gasteiger partial charge in [0.25, 0.3) is 0 Å². The van der Waals surface area contributed by atoms with Crippen LogP contribution >= 0.6 is 0 Å². The number of carbonyl (C=O) groups is 2. The van der Waals surface area contributed by atoms with Crippen molar-refractivity contribution in [2.24, 2.45) is 5.92 Å². The van der Waals surface area contributed by atoms with Crippen LogP contribution in [0.25, 0.3) is 0 Å². The fourth-order valence-corrected chi connectivity index (χ4v) is 0.935. The fraction of sp³-hybridized carbons (Fsp3) is 0.778. The van der Waals surface area contributed by atoms with Crippen molar-refractivity contribution < 1.29 is 14.3 Å². The molecule has 0 rings (SSSR count). The molecule has 0 aliphatic carbocycles. The first-order valence-corrected chi connectivity index (χ1v) is 4.41. The largest absolute Gasteiger partial charge is 0.453 e. The van der Waals surface area contributed by atoms with Gasteiger partial charge in [0.15, 0.2) is 5.78 Å². The molecule has 0 aliphatic heterocycles. The van der Waals surface area contributed by atoms with Gasteiger partial charge in [-0.05, 0) is 13.3 Å². The monoisotopic (exact) mass is 187 g/mol. The Balaban J connectivity index is 4.03. The molecule has 0 aromatic carbocycles. The summed E-state index contributed by atoms with van der Waals surface area (Å²) in [5.41, 5.74) is 0. The maximum absolute atomic E-state index is 11.5. The summed E-state index contributed by atoms with van der Waals surface area (Å²) in [5, 5.41) is 2.43. The second kappa shape index (κ2) is 5.56. The van der Waals surface area contributed by atoms with Crippen LogP contribution in [0.5, 0.6) is 0 Å². The van der Waals surface area contributed by atoms with Crippen molar-refractivity contribution in [2.45, 2.75) is 33.2 Å². The molecule has 0 radical (unpaired) electrons. The van der Waals surface area contributed by atoms with E-state index in [-0.39, 0.29) is 11.7 Å². The smallest absolute Gasteiger partial charge is 0.407 e. The molecular formula is C9H17NO3. The van der Waals surface area contributed by atoms with Gasteiger partial charge in [0.2, 0.25) is 0 Å². The lowest BCUT2D eigenvalue weighted by Gasteiger charge is -2.15. The number of methoxy groups -OCH3 is 1. The standard InChI is InChI=1S/C9H17NO3/c1-5-6(2)8(11)7(3)10-9(12)13-4/h6-7H,5H2,1-4H3,(H,10,12)/t6?,7-/m0/s1. The lowest BCUT2D eigenvalue weighted by molar-refractivity contribution is -0.124. The van der Waals surface area contributed by atoms with Crippen LogP contribution < -0.4 is 5.32 Å². The average molecular weight is 187 g/mol. The molecule has 0 aromatic rings. The van der Waals surface area contributed by atoms with Crippen molar-refractivity contribution in [3.8, 4) is 0 Å². The Morgan fingerprint density at radius 3 is 2.31 bits per heavy atom. The third-order valence-corrected chi connectivity index (χ3v) is 2.04. The van der Waals surface area contributed by atoms with E-state index in [1.165, 1.54) is 7.11 Å². The van der Waals surface area contributed by atoms with Gasteiger partial charge in [-0.3, -0.25) is 4.79 Å². The van der Waals surface area contributed by atoms with E-state index >= 15 is 0 Å². The zero-order valence-corrected chi connectivity index (χ0v) is 8.59. The first-order chi connectivity index (χ1) is 6.02. The van der Waals surface area contributed by atoms with Crippen molar-refractivity contribution in [3.05, 3.63) is 0 Å². The molecule has 13 heavy (non-hydrogen) atoms. The van der Waals surface area contributed by atoms with Crippen LogP contribution in [-0.2, 0) is 9.53 Å². The highest BCUT2D eigenvalue weighted by Gasteiger charge is 2.19. The topological polar surface area (TPSA) is 55.4 Å². The van der Waals surface area contributed by atoms with Gasteiger partial charge in [0.1, 0.15) is 0 Å². The molecule has 0 saturated carbocycles. The number of carbonyl (C=O) groups excluding carboxylic acids is 2. The van der Waals surface area contributed by atoms with Crippen LogP contribution in [0, 0.1) is 5.92 Å². The lowest BCUT2D eigenvalue weighted by atomic mass is 9.99. The maximum Gasteiger partial charge on any atom is 0.407 e. The molecule has 2 atom stereocenters. The zero-order valence-electron chi connectivity index (χ0n) is 8.59. The van der Waals surface area contributed by atoms with E-state index in [0.717, 1.165) is 6.42 Å². The quantitative estimate of drug-likeness (QED) is 0.722. The highest BCUT2D eigenvalue weighted by Crippen LogP contribution is 2.05. The molecule has 0 bridgehead atoms. The molecule has 0 heterocycles. The van der Waals surface area contributed by atoms with Crippen LogP contribution in [0.4, 0.5) is 4.79 Å². The van der Waals surface area contributed by atoms with Crippen LogP contribution in [-0.4, -0.2) is 25.0 Å². The first kappa shape index (κ1) is 11.9. The molecule has 4 nitrogen and oxygen atoms in total. The average Bonchev–Trinajstić information content (AvgIpc) is 2.14. The van der Waals surface area contributed by atoms with Crippen molar-refractivity contribution in [1.82, 2.24) is 5.32 Å². The van der Waals surface area contributed by atoms with Gasteiger partial charge < -0.3 is 10.1 Å². The summed E-state index contributed by atoms with van der Waals surface area (Å²) in [4.78, 5) is 22.2. The molecule has 4 heteroatoms. The molecule has 0 saturated heterocycles. The van der Waals surface area contributed by atoms with E-state index in [4.69, 9.17) is 0 Å². The van der Waals surface area contributed by atoms with E-state index in [0.29, 0.717) is 0 Å². The van der Waals surface area contributed by atoms with E-state index in [2.05, 4.69) is 10.1 Å². The van der Waals surface area contributed by atoms with Crippen molar-refractivity contribution >= 4 is 11.9 Å². The van der Waals surface area contributed by atoms with Gasteiger partial charge in [-0.2, -0.15) is 0 Å². The molecular weight excluding hydrogens is 170 g/mol. The number of Topliss-reactive ketones (excluding diaryl/α,β-unsaturated/α-hetero) is 1. The minimum atomic E-state index is -0.566. The summed E-state index contributed by atoms with van der Waals surface area (Å²) < 4.78 is 4.38. The third-order valence-electron chi connectivity index (χ3n) is 2.04. The van der Waals surface area contributed by atoms with Gasteiger partial charge in [0, 0.05) is 5.92 Å². The summed E-state index contributed by atoms with van der Waals surface area (Å²) >= 11 is 0. The molecule has 0 spiro atoms. The van der Waals surface area contributed by atoms with E-state index in [1.54, 1.807) is 6.92 Å². The van der Waals surface area contributed by atoms with Crippen molar-refractivity contribution in [3.63, 3.8) is 0 Å². The zero-order chi connectivity index (χ0) is 10.4. The van der Waals surface area contributed by atoms with E-state index in [9.17, 15) is 9.59 Å². The minimum Gasteiger partial charge on any atom is -0.453 e. The lowest BCUT2D eigenvalue weighted by Crippen LogP contribution is -2.40. The maximum atomic E-state index is 11.5. The van der Waals surface area contributed by atoms with Crippen LogP contribution in [0.15, 0.2) is 0 Å². The number of ketones is 1. The number of nitrogens with one attached hydrogen (secondary N) is 1. The second-order valence-electron chi connectivity index (χ2n) is 3.07. The summed E-state index contributed by atoms with van der Waals surface area (Å²) in [7, 11) is 1.27. The molecule has 1 unspecified atom stereocenters. The summed E-state index contributed by atoms with van der Waals surface area (Å²) in [6.07, 6.45) is 0.218. The number of alkyl carbamates (subject to hydrolysis) is 1. The Morgan fingerprint density at radius 2 is 1.92 bits per heavy atom. The highest BCUT2D eigenvalue weighted by atomic mass is 16.5. The van der Waals surface area contributed by atoms with Gasteiger partial charge in [0.05, 0.1) is 13.2 Å². The molecule has 0 aromatic heterocycles. The van der Waals surface area contributed by atoms with E-state index in [1.807, 2.05) is 13.8 Å². The SMILES string of the molecule is CCC(C)C(=O)[C@H](C)NC(=O)OC. The minimum absolute atomic E-state index is 0.0212. The van der Waals surface area contributed by atoms with E-state index < -0.39 is 12.1 Å². The van der Waals surface area contributed by atoms with Gasteiger partial charge in [-0.1, -0.05) is 13.8 Å². The molecule has 0 aliphatic rings. The van der Waals surface area contributed by atoms with Crippen LogP contribution in [0.3, 0.4) is 0 Å². The highest BCUT2D eigenvalue weighted by molar-refractivity contribution is 5.88. The molecule has 76 valence electrons. The van der Waals surface area contributed by atoms with Gasteiger partial charge in [-0.25, -0.2) is 4.79 Å². The van der Waals surface area contributed by atoms with Gasteiger partial charge in [-0.15, -0.1) is 0 Å². The Hall–Kier alpha value is -1.06. The Kier molecular flexibility index (Phi) is 5.11. The van der Waals surface area contributed by atoms with Crippen LogP contribution in [0.1, 0.15) is 27.2 Å². The number of rotatable bonds is 4. The summed E-state index contributed by atoms with van der Waals surface area (Å²) in [6, 6.07) is -0.470. The number of ether oxygens (including phenoxy) is 1. The molecule has 1 amide bonds. The summed E-state index contributed by atoms with van der Waals surface area (Å²) in [5.74, 6) is 0.0139. The Morgan fingerprint density at radius 1 is 1.38 bits per heavy atom. The summed E-state index contributed by atoms with van der Waals surface area (Å²) in [6.45, 7) is 5.44. The van der Waals surface area contributed by atoms with Crippen LogP contribution in [0.2, 0.25) is 0 Å². The van der Waals surface area contributed by atoms with Gasteiger partial charge >= 0.3 is 6.09 Å². The second-order valence-corrected chi connectivity index (χ2v) is 3.07. The normalized spacial score (nSPS) is 14.5. The fourth-order valence-electron chi connectivity index (χ4n) is 0.935. The number of hydrogen-bond acceptors (Lipinski definition) is 3.